The van der Waals surface area contributed by atoms with Crippen molar-refractivity contribution < 1.29 is 14.3 Å². The maximum absolute atomic E-state index is 11.4. The van der Waals surface area contributed by atoms with Gasteiger partial charge in [0.05, 0.1) is 12.5 Å². The quantitative estimate of drug-likeness (QED) is 0.737. The van der Waals surface area contributed by atoms with Crippen molar-refractivity contribution in [1.29, 1.82) is 0 Å². The maximum Gasteiger partial charge on any atom is 0.312 e. The zero-order chi connectivity index (χ0) is 12.8. The van der Waals surface area contributed by atoms with Gasteiger partial charge in [-0.2, -0.15) is 0 Å². The number of ether oxygens (including phenoxy) is 2. The minimum absolute atomic E-state index is 0.212. The SMILES string of the molecule is CCOC(=O)C(C)COc1ccc(C)c(C)c1. The molecule has 0 fully saturated rings. The van der Waals surface area contributed by atoms with Crippen LogP contribution in [0, 0.1) is 19.8 Å². The van der Waals surface area contributed by atoms with Gasteiger partial charge in [0.15, 0.2) is 0 Å². The molecular weight excluding hydrogens is 216 g/mol. The van der Waals surface area contributed by atoms with Crippen LogP contribution in [0.25, 0.3) is 0 Å². The Labute approximate surface area is 103 Å². The van der Waals surface area contributed by atoms with Gasteiger partial charge in [-0.25, -0.2) is 0 Å². The van der Waals surface area contributed by atoms with E-state index in [0.717, 1.165) is 5.75 Å². The Bertz CT molecular complexity index is 385. The van der Waals surface area contributed by atoms with Crippen molar-refractivity contribution in [3.05, 3.63) is 29.3 Å². The Balaban J connectivity index is 2.50. The van der Waals surface area contributed by atoms with Crippen molar-refractivity contribution in [2.24, 2.45) is 5.92 Å². The van der Waals surface area contributed by atoms with E-state index in [0.29, 0.717) is 13.2 Å². The number of carbonyl (C=O) groups excluding carboxylic acids is 1. The van der Waals surface area contributed by atoms with Crippen LogP contribution in [0.15, 0.2) is 18.2 Å². The summed E-state index contributed by atoms with van der Waals surface area (Å²) in [6.45, 7) is 8.46. The van der Waals surface area contributed by atoms with E-state index in [1.54, 1.807) is 13.8 Å². The highest BCUT2D eigenvalue weighted by Gasteiger charge is 2.14. The highest BCUT2D eigenvalue weighted by molar-refractivity contribution is 5.72. The molecule has 0 radical (unpaired) electrons. The fourth-order valence-electron chi connectivity index (χ4n) is 1.38. The molecule has 17 heavy (non-hydrogen) atoms. The van der Waals surface area contributed by atoms with E-state index in [2.05, 4.69) is 6.92 Å². The van der Waals surface area contributed by atoms with Crippen molar-refractivity contribution in [2.75, 3.05) is 13.2 Å². The average molecular weight is 236 g/mol. The fraction of sp³-hybridized carbons (Fsp3) is 0.500. The van der Waals surface area contributed by atoms with Crippen molar-refractivity contribution in [2.45, 2.75) is 27.7 Å². The fourth-order valence-corrected chi connectivity index (χ4v) is 1.38. The second-order valence-corrected chi connectivity index (χ2v) is 4.21. The van der Waals surface area contributed by atoms with Crippen LogP contribution >= 0.6 is 0 Å². The highest BCUT2D eigenvalue weighted by Crippen LogP contribution is 2.17. The lowest BCUT2D eigenvalue weighted by Gasteiger charge is -2.12. The molecule has 0 aliphatic rings. The number of carbonyl (C=O) groups is 1. The Morgan fingerprint density at radius 3 is 2.59 bits per heavy atom. The predicted molar refractivity (Wildman–Crippen MR) is 67.2 cm³/mol. The molecule has 1 rings (SSSR count). The van der Waals surface area contributed by atoms with Gasteiger partial charge in [0.25, 0.3) is 0 Å². The number of hydrogen-bond donors (Lipinski definition) is 0. The van der Waals surface area contributed by atoms with Crippen LogP contribution in [0.4, 0.5) is 0 Å². The highest BCUT2D eigenvalue weighted by atomic mass is 16.5. The molecule has 1 atom stereocenters. The molecule has 1 aromatic carbocycles. The van der Waals surface area contributed by atoms with Gasteiger partial charge in [-0.15, -0.1) is 0 Å². The van der Waals surface area contributed by atoms with E-state index in [-0.39, 0.29) is 11.9 Å². The van der Waals surface area contributed by atoms with Gasteiger partial charge in [0.2, 0.25) is 0 Å². The van der Waals surface area contributed by atoms with Gasteiger partial charge in [-0.05, 0) is 51.0 Å². The summed E-state index contributed by atoms with van der Waals surface area (Å²) >= 11 is 0. The van der Waals surface area contributed by atoms with Crippen LogP contribution in [0.1, 0.15) is 25.0 Å². The summed E-state index contributed by atoms with van der Waals surface area (Å²) in [5, 5.41) is 0. The summed E-state index contributed by atoms with van der Waals surface area (Å²) in [6.07, 6.45) is 0. The molecule has 3 heteroatoms. The average Bonchev–Trinajstić information content (AvgIpc) is 2.30. The van der Waals surface area contributed by atoms with Crippen molar-refractivity contribution in [3.8, 4) is 5.75 Å². The Morgan fingerprint density at radius 1 is 1.29 bits per heavy atom. The third kappa shape index (κ3) is 4.10. The Hall–Kier alpha value is -1.51. The molecule has 94 valence electrons. The van der Waals surface area contributed by atoms with Crippen LogP contribution in [0.3, 0.4) is 0 Å². The van der Waals surface area contributed by atoms with Crippen LogP contribution in [-0.4, -0.2) is 19.2 Å². The monoisotopic (exact) mass is 236 g/mol. The van der Waals surface area contributed by atoms with Crippen LogP contribution in [0.2, 0.25) is 0 Å². The van der Waals surface area contributed by atoms with E-state index in [9.17, 15) is 4.79 Å². The normalized spacial score (nSPS) is 12.0. The van der Waals surface area contributed by atoms with E-state index in [1.807, 2.05) is 25.1 Å². The molecule has 0 amide bonds. The number of rotatable bonds is 5. The van der Waals surface area contributed by atoms with Crippen molar-refractivity contribution in [1.82, 2.24) is 0 Å². The Morgan fingerprint density at radius 2 is 2.00 bits per heavy atom. The molecule has 0 spiro atoms. The predicted octanol–water partition coefficient (Wildman–Crippen LogP) is 2.88. The first kappa shape index (κ1) is 13.6. The minimum Gasteiger partial charge on any atom is -0.493 e. The lowest BCUT2D eigenvalue weighted by Crippen LogP contribution is -2.21. The topological polar surface area (TPSA) is 35.5 Å². The first-order valence-corrected chi connectivity index (χ1v) is 5.91. The third-order valence-electron chi connectivity index (χ3n) is 2.67. The van der Waals surface area contributed by atoms with E-state index in [4.69, 9.17) is 9.47 Å². The standard InChI is InChI=1S/C14H20O3/c1-5-16-14(15)12(4)9-17-13-7-6-10(2)11(3)8-13/h6-8,12H,5,9H2,1-4H3. The summed E-state index contributed by atoms with van der Waals surface area (Å²) in [6, 6.07) is 5.91. The largest absolute Gasteiger partial charge is 0.493 e. The molecule has 0 heterocycles. The van der Waals surface area contributed by atoms with Gasteiger partial charge in [-0.1, -0.05) is 6.07 Å². The van der Waals surface area contributed by atoms with E-state index in [1.165, 1.54) is 11.1 Å². The number of hydrogen-bond acceptors (Lipinski definition) is 3. The van der Waals surface area contributed by atoms with Gasteiger partial charge in [0.1, 0.15) is 12.4 Å². The molecule has 0 bridgehead atoms. The molecule has 0 N–H and O–H groups in total. The van der Waals surface area contributed by atoms with Gasteiger partial charge in [-0.3, -0.25) is 4.79 Å². The lowest BCUT2D eigenvalue weighted by molar-refractivity contribution is -0.148. The summed E-state index contributed by atoms with van der Waals surface area (Å²) in [5.74, 6) is 0.345. The van der Waals surface area contributed by atoms with Gasteiger partial charge >= 0.3 is 5.97 Å². The first-order chi connectivity index (χ1) is 8.04. The molecule has 0 aromatic heterocycles. The number of aryl methyl sites for hydroxylation is 2. The van der Waals surface area contributed by atoms with Crippen LogP contribution < -0.4 is 4.74 Å². The van der Waals surface area contributed by atoms with Gasteiger partial charge in [0, 0.05) is 0 Å². The molecule has 0 aliphatic heterocycles. The van der Waals surface area contributed by atoms with E-state index >= 15 is 0 Å². The third-order valence-corrected chi connectivity index (χ3v) is 2.67. The maximum atomic E-state index is 11.4. The molecule has 0 saturated heterocycles. The summed E-state index contributed by atoms with van der Waals surface area (Å²) in [7, 11) is 0. The summed E-state index contributed by atoms with van der Waals surface area (Å²) < 4.78 is 10.5. The number of benzene rings is 1. The number of esters is 1. The smallest absolute Gasteiger partial charge is 0.312 e. The lowest BCUT2D eigenvalue weighted by atomic mass is 10.1. The second kappa shape index (κ2) is 6.28. The zero-order valence-electron chi connectivity index (χ0n) is 10.9. The van der Waals surface area contributed by atoms with Crippen molar-refractivity contribution >= 4 is 5.97 Å². The van der Waals surface area contributed by atoms with Gasteiger partial charge < -0.3 is 9.47 Å². The summed E-state index contributed by atoms with van der Waals surface area (Å²) in [4.78, 5) is 11.4. The van der Waals surface area contributed by atoms with Crippen molar-refractivity contribution in [3.63, 3.8) is 0 Å². The molecule has 0 saturated carbocycles. The van der Waals surface area contributed by atoms with Crippen LogP contribution in [0.5, 0.6) is 5.75 Å². The second-order valence-electron chi connectivity index (χ2n) is 4.21. The van der Waals surface area contributed by atoms with Crippen LogP contribution in [-0.2, 0) is 9.53 Å². The molecular formula is C14H20O3. The summed E-state index contributed by atoms with van der Waals surface area (Å²) in [5.41, 5.74) is 2.42. The molecule has 0 aliphatic carbocycles. The first-order valence-electron chi connectivity index (χ1n) is 5.91. The molecule has 3 nitrogen and oxygen atoms in total. The Kier molecular flexibility index (Phi) is 5.01. The molecule has 1 aromatic rings. The minimum atomic E-state index is -0.239. The molecule has 1 unspecified atom stereocenters. The zero-order valence-corrected chi connectivity index (χ0v) is 10.9. The van der Waals surface area contributed by atoms with E-state index < -0.39 is 0 Å².